The maximum Gasteiger partial charge on any atom is 0.246 e. The molecule has 112 valence electrons. The summed E-state index contributed by atoms with van der Waals surface area (Å²) in [5, 5.41) is 16.3. The average molecular weight is 291 g/mol. The number of hydrogen-bond donors (Lipinski definition) is 2. The van der Waals surface area contributed by atoms with Gasteiger partial charge in [0.25, 0.3) is 0 Å². The van der Waals surface area contributed by atoms with Gasteiger partial charge in [-0.05, 0) is 12.8 Å². The fourth-order valence-electron chi connectivity index (χ4n) is 2.24. The highest BCUT2D eigenvalue weighted by Gasteiger charge is 2.29. The standard InChI is InChI=1S/C13H17N5O3/c1-20-6-12-17-13(21-18-12)5-14-11-4-10(15-7-16-11)8-2-9(19)3-8/h4,7-9,19H,2-3,5-6H2,1H3,(H,14,15,16). The molecular formula is C13H17N5O3. The Morgan fingerprint density at radius 2 is 2.29 bits per heavy atom. The van der Waals surface area contributed by atoms with Crippen molar-refractivity contribution in [2.24, 2.45) is 0 Å². The third-order valence-electron chi connectivity index (χ3n) is 3.42. The summed E-state index contributed by atoms with van der Waals surface area (Å²) in [6.45, 7) is 0.714. The molecule has 0 radical (unpaired) electrons. The van der Waals surface area contributed by atoms with Gasteiger partial charge in [0, 0.05) is 24.8 Å². The molecule has 3 rings (SSSR count). The highest BCUT2D eigenvalue weighted by molar-refractivity contribution is 5.36. The molecule has 8 nitrogen and oxygen atoms in total. The van der Waals surface area contributed by atoms with Gasteiger partial charge >= 0.3 is 0 Å². The Kier molecular flexibility index (Phi) is 4.07. The molecule has 0 unspecified atom stereocenters. The van der Waals surface area contributed by atoms with Gasteiger partial charge in [0.1, 0.15) is 18.8 Å². The average Bonchev–Trinajstić information content (AvgIpc) is 2.90. The molecular weight excluding hydrogens is 274 g/mol. The number of aliphatic hydroxyl groups excluding tert-OH is 1. The number of ether oxygens (including phenoxy) is 1. The molecule has 0 aromatic carbocycles. The van der Waals surface area contributed by atoms with Crippen molar-refractivity contribution in [3.8, 4) is 0 Å². The second kappa shape index (κ2) is 6.15. The van der Waals surface area contributed by atoms with E-state index in [1.165, 1.54) is 6.33 Å². The Bertz CT molecular complexity index is 597. The van der Waals surface area contributed by atoms with Crippen LogP contribution in [-0.4, -0.2) is 38.4 Å². The summed E-state index contributed by atoms with van der Waals surface area (Å²) >= 11 is 0. The number of nitrogens with zero attached hydrogens (tertiary/aromatic N) is 4. The summed E-state index contributed by atoms with van der Waals surface area (Å²) in [6, 6.07) is 1.89. The third kappa shape index (κ3) is 3.34. The fourth-order valence-corrected chi connectivity index (χ4v) is 2.24. The van der Waals surface area contributed by atoms with Crippen LogP contribution in [0.3, 0.4) is 0 Å². The fraction of sp³-hybridized carbons (Fsp3) is 0.538. The summed E-state index contributed by atoms with van der Waals surface area (Å²) in [7, 11) is 1.58. The van der Waals surface area contributed by atoms with Gasteiger partial charge in [-0.1, -0.05) is 5.16 Å². The first-order valence-electron chi connectivity index (χ1n) is 6.79. The Hall–Kier alpha value is -2.06. The maximum absolute atomic E-state index is 9.35. The van der Waals surface area contributed by atoms with Gasteiger partial charge in [0.15, 0.2) is 5.82 Å². The van der Waals surface area contributed by atoms with Crippen LogP contribution in [0, 0.1) is 0 Å². The SMILES string of the molecule is COCc1noc(CNc2cc(C3CC(O)C3)ncn2)n1. The predicted molar refractivity (Wildman–Crippen MR) is 72.4 cm³/mol. The zero-order chi connectivity index (χ0) is 14.7. The molecule has 1 aliphatic rings. The van der Waals surface area contributed by atoms with Crippen molar-refractivity contribution in [1.82, 2.24) is 20.1 Å². The molecule has 8 heteroatoms. The van der Waals surface area contributed by atoms with E-state index in [0.717, 1.165) is 18.5 Å². The second-order valence-electron chi connectivity index (χ2n) is 5.04. The lowest BCUT2D eigenvalue weighted by Crippen LogP contribution is -2.27. The number of methoxy groups -OCH3 is 1. The molecule has 2 aromatic rings. The van der Waals surface area contributed by atoms with Crippen molar-refractivity contribution in [1.29, 1.82) is 0 Å². The minimum atomic E-state index is -0.195. The molecule has 2 aromatic heterocycles. The van der Waals surface area contributed by atoms with E-state index in [0.29, 0.717) is 36.6 Å². The summed E-state index contributed by atoms with van der Waals surface area (Å²) in [5.74, 6) is 2.01. The number of aliphatic hydroxyl groups is 1. The van der Waals surface area contributed by atoms with E-state index in [4.69, 9.17) is 9.26 Å². The van der Waals surface area contributed by atoms with Crippen molar-refractivity contribution in [2.45, 2.75) is 38.0 Å². The highest BCUT2D eigenvalue weighted by Crippen LogP contribution is 2.35. The molecule has 1 aliphatic carbocycles. The number of rotatable bonds is 6. The largest absolute Gasteiger partial charge is 0.393 e. The van der Waals surface area contributed by atoms with Crippen LogP contribution in [-0.2, 0) is 17.9 Å². The predicted octanol–water partition coefficient (Wildman–Crippen LogP) is 0.856. The van der Waals surface area contributed by atoms with E-state index >= 15 is 0 Å². The van der Waals surface area contributed by atoms with Crippen LogP contribution < -0.4 is 5.32 Å². The number of anilines is 1. The van der Waals surface area contributed by atoms with Crippen molar-refractivity contribution >= 4 is 5.82 Å². The van der Waals surface area contributed by atoms with Crippen LogP contribution in [0.2, 0.25) is 0 Å². The zero-order valence-electron chi connectivity index (χ0n) is 11.7. The first-order chi connectivity index (χ1) is 10.2. The lowest BCUT2D eigenvalue weighted by atomic mass is 9.80. The summed E-state index contributed by atoms with van der Waals surface area (Å²) < 4.78 is 10.0. The maximum atomic E-state index is 9.35. The lowest BCUT2D eigenvalue weighted by Gasteiger charge is -2.30. The molecule has 0 atom stereocenters. The van der Waals surface area contributed by atoms with Crippen molar-refractivity contribution in [3.05, 3.63) is 29.8 Å². The Morgan fingerprint density at radius 3 is 3.05 bits per heavy atom. The molecule has 2 N–H and O–H groups in total. The number of hydrogen-bond acceptors (Lipinski definition) is 8. The Balaban J connectivity index is 1.58. The van der Waals surface area contributed by atoms with Crippen molar-refractivity contribution < 1.29 is 14.4 Å². The molecule has 1 fully saturated rings. The molecule has 0 aliphatic heterocycles. The van der Waals surface area contributed by atoms with Gasteiger partial charge in [0.05, 0.1) is 12.6 Å². The monoisotopic (exact) mass is 291 g/mol. The molecule has 0 amide bonds. The Labute approximate surface area is 121 Å². The summed E-state index contributed by atoms with van der Waals surface area (Å²) in [4.78, 5) is 12.6. The molecule has 2 heterocycles. The van der Waals surface area contributed by atoms with Gasteiger partial charge < -0.3 is 19.7 Å². The summed E-state index contributed by atoms with van der Waals surface area (Å²) in [6.07, 6.45) is 2.85. The van der Waals surface area contributed by atoms with E-state index in [-0.39, 0.29) is 6.10 Å². The van der Waals surface area contributed by atoms with E-state index < -0.39 is 0 Å². The first kappa shape index (κ1) is 13.9. The topological polar surface area (TPSA) is 106 Å². The zero-order valence-corrected chi connectivity index (χ0v) is 11.7. The number of nitrogens with one attached hydrogen (secondary N) is 1. The number of aromatic nitrogens is 4. The van der Waals surface area contributed by atoms with Crippen LogP contribution in [0.1, 0.15) is 36.2 Å². The molecule has 0 bridgehead atoms. The summed E-state index contributed by atoms with van der Waals surface area (Å²) in [5.41, 5.74) is 0.948. The molecule has 1 saturated carbocycles. The van der Waals surface area contributed by atoms with Crippen molar-refractivity contribution in [3.63, 3.8) is 0 Å². The minimum absolute atomic E-state index is 0.195. The van der Waals surface area contributed by atoms with Crippen LogP contribution in [0.5, 0.6) is 0 Å². The van der Waals surface area contributed by atoms with E-state index in [1.807, 2.05) is 6.07 Å². The third-order valence-corrected chi connectivity index (χ3v) is 3.42. The van der Waals surface area contributed by atoms with Gasteiger partial charge in [-0.15, -0.1) is 0 Å². The van der Waals surface area contributed by atoms with E-state index in [2.05, 4.69) is 25.4 Å². The smallest absolute Gasteiger partial charge is 0.246 e. The lowest BCUT2D eigenvalue weighted by molar-refractivity contribution is 0.0732. The van der Waals surface area contributed by atoms with Crippen LogP contribution in [0.4, 0.5) is 5.82 Å². The van der Waals surface area contributed by atoms with Crippen LogP contribution >= 0.6 is 0 Å². The van der Waals surface area contributed by atoms with Crippen LogP contribution in [0.15, 0.2) is 16.9 Å². The molecule has 0 saturated heterocycles. The second-order valence-corrected chi connectivity index (χ2v) is 5.04. The Morgan fingerprint density at radius 1 is 1.43 bits per heavy atom. The van der Waals surface area contributed by atoms with Gasteiger partial charge in [-0.25, -0.2) is 9.97 Å². The van der Waals surface area contributed by atoms with E-state index in [9.17, 15) is 5.11 Å². The normalized spacial score (nSPS) is 21.0. The van der Waals surface area contributed by atoms with E-state index in [1.54, 1.807) is 7.11 Å². The van der Waals surface area contributed by atoms with Crippen molar-refractivity contribution in [2.75, 3.05) is 12.4 Å². The molecule has 0 spiro atoms. The van der Waals surface area contributed by atoms with Gasteiger partial charge in [0.2, 0.25) is 5.89 Å². The minimum Gasteiger partial charge on any atom is -0.393 e. The first-order valence-corrected chi connectivity index (χ1v) is 6.79. The molecule has 21 heavy (non-hydrogen) atoms. The quantitative estimate of drug-likeness (QED) is 0.807. The van der Waals surface area contributed by atoms with Gasteiger partial charge in [-0.2, -0.15) is 4.98 Å². The highest BCUT2D eigenvalue weighted by atomic mass is 16.5. The van der Waals surface area contributed by atoms with Gasteiger partial charge in [-0.3, -0.25) is 0 Å². The van der Waals surface area contributed by atoms with Crippen LogP contribution in [0.25, 0.3) is 0 Å².